The van der Waals surface area contributed by atoms with Gasteiger partial charge in [0, 0.05) is 6.20 Å². The van der Waals surface area contributed by atoms with Crippen LogP contribution in [0.15, 0.2) is 12.5 Å². The molecule has 4 atom stereocenters. The smallest absolute Gasteiger partial charge is 0.294 e. The van der Waals surface area contributed by atoms with E-state index in [1.54, 1.807) is 0 Å². The van der Waals surface area contributed by atoms with Crippen molar-refractivity contribution in [3.05, 3.63) is 18.2 Å². The van der Waals surface area contributed by atoms with Gasteiger partial charge in [-0.05, 0) is 0 Å². The normalized spacial score (nSPS) is 30.5. The minimum absolute atomic E-state index is 0.0691. The lowest BCUT2D eigenvalue weighted by atomic mass is 10.1. The molecule has 0 aromatic carbocycles. The number of imidazole rings is 1. The van der Waals surface area contributed by atoms with Crippen molar-refractivity contribution in [2.24, 2.45) is 0 Å². The van der Waals surface area contributed by atoms with E-state index in [0.29, 0.717) is 0 Å². The van der Waals surface area contributed by atoms with Gasteiger partial charge in [-0.15, -0.1) is 0 Å². The van der Waals surface area contributed by atoms with E-state index in [1.165, 1.54) is 24.2 Å². The van der Waals surface area contributed by atoms with Gasteiger partial charge in [-0.25, -0.2) is 10.5 Å². The molecule has 2 rings (SSSR count). The molecule has 1 aromatic rings. The van der Waals surface area contributed by atoms with Crippen molar-refractivity contribution in [3.8, 4) is 0 Å². The molecule has 1 amide bonds. The SMILES string of the molecule is CONC(=O)c1cn(C2O[C@H](CO)[C@@H](O)[C@H]2O)cn1. The first kappa shape index (κ1) is 13.9. The Kier molecular flexibility index (Phi) is 4.12. The predicted molar refractivity (Wildman–Crippen MR) is 59.7 cm³/mol. The highest BCUT2D eigenvalue weighted by molar-refractivity contribution is 5.91. The van der Waals surface area contributed by atoms with Crippen molar-refractivity contribution in [1.82, 2.24) is 15.0 Å². The molecular formula is C10H15N3O6. The molecule has 1 fully saturated rings. The molecule has 1 saturated heterocycles. The Morgan fingerprint density at radius 2 is 2.32 bits per heavy atom. The Morgan fingerprint density at radius 3 is 2.89 bits per heavy atom. The van der Waals surface area contributed by atoms with Gasteiger partial charge in [0.25, 0.3) is 5.91 Å². The average Bonchev–Trinajstić information content (AvgIpc) is 2.97. The summed E-state index contributed by atoms with van der Waals surface area (Å²) >= 11 is 0. The molecule has 0 radical (unpaired) electrons. The van der Waals surface area contributed by atoms with Crippen LogP contribution in [0.1, 0.15) is 16.7 Å². The zero-order valence-electron chi connectivity index (χ0n) is 10.1. The summed E-state index contributed by atoms with van der Waals surface area (Å²) in [5.41, 5.74) is 2.17. The summed E-state index contributed by atoms with van der Waals surface area (Å²) in [6, 6.07) is 0. The monoisotopic (exact) mass is 273 g/mol. The molecule has 0 saturated carbocycles. The van der Waals surface area contributed by atoms with E-state index >= 15 is 0 Å². The molecule has 1 unspecified atom stereocenters. The van der Waals surface area contributed by atoms with Gasteiger partial charge in [0.05, 0.1) is 20.0 Å². The van der Waals surface area contributed by atoms with Crippen molar-refractivity contribution < 1.29 is 29.7 Å². The molecule has 2 heterocycles. The largest absolute Gasteiger partial charge is 0.394 e. The molecule has 0 aliphatic carbocycles. The third kappa shape index (κ3) is 2.60. The van der Waals surface area contributed by atoms with E-state index in [-0.39, 0.29) is 5.69 Å². The average molecular weight is 273 g/mol. The summed E-state index contributed by atoms with van der Waals surface area (Å²) in [6.45, 7) is -0.416. The van der Waals surface area contributed by atoms with Crippen molar-refractivity contribution >= 4 is 5.91 Å². The quantitative estimate of drug-likeness (QED) is 0.458. The summed E-state index contributed by atoms with van der Waals surface area (Å²) in [5.74, 6) is -0.548. The molecular weight excluding hydrogens is 258 g/mol. The van der Waals surface area contributed by atoms with Crippen LogP contribution in [0.4, 0.5) is 0 Å². The summed E-state index contributed by atoms with van der Waals surface area (Å²) in [5, 5.41) is 28.4. The molecule has 1 aliphatic rings. The lowest BCUT2D eigenvalue weighted by Gasteiger charge is -2.15. The van der Waals surface area contributed by atoms with Crippen LogP contribution in [0.2, 0.25) is 0 Å². The van der Waals surface area contributed by atoms with Gasteiger partial charge >= 0.3 is 0 Å². The zero-order chi connectivity index (χ0) is 14.0. The number of carbonyl (C=O) groups excluding carboxylic acids is 1. The molecule has 106 valence electrons. The standard InChI is InChI=1S/C10H15N3O6/c1-18-12-9(17)5-2-13(4-11-5)10-8(16)7(15)6(3-14)19-10/h2,4,6-8,10,14-16H,3H2,1H3,(H,12,17)/t6-,7-,8-,10?/m1/s1. The topological polar surface area (TPSA) is 126 Å². The van der Waals surface area contributed by atoms with Crippen LogP contribution < -0.4 is 5.48 Å². The lowest BCUT2D eigenvalue weighted by Crippen LogP contribution is -2.33. The zero-order valence-corrected chi connectivity index (χ0v) is 10.1. The predicted octanol–water partition coefficient (Wildman–Crippen LogP) is -2.21. The number of amides is 1. The van der Waals surface area contributed by atoms with Crippen molar-refractivity contribution in [2.75, 3.05) is 13.7 Å². The maximum Gasteiger partial charge on any atom is 0.294 e. The minimum atomic E-state index is -1.22. The third-order valence-electron chi connectivity index (χ3n) is 2.84. The molecule has 0 spiro atoms. The number of aromatic nitrogens is 2. The Bertz CT molecular complexity index is 450. The molecule has 9 nitrogen and oxygen atoms in total. The van der Waals surface area contributed by atoms with Gasteiger partial charge in [0.1, 0.15) is 24.0 Å². The van der Waals surface area contributed by atoms with E-state index < -0.39 is 37.1 Å². The summed E-state index contributed by atoms with van der Waals surface area (Å²) in [6.07, 6.45) is -1.58. The van der Waals surface area contributed by atoms with Gasteiger partial charge in [-0.2, -0.15) is 0 Å². The van der Waals surface area contributed by atoms with Gasteiger partial charge in [0.2, 0.25) is 0 Å². The van der Waals surface area contributed by atoms with Crippen molar-refractivity contribution in [3.63, 3.8) is 0 Å². The van der Waals surface area contributed by atoms with Crippen LogP contribution in [0.3, 0.4) is 0 Å². The van der Waals surface area contributed by atoms with Gasteiger partial charge in [-0.1, -0.05) is 0 Å². The Hall–Kier alpha value is -1.52. The molecule has 4 N–H and O–H groups in total. The molecule has 9 heteroatoms. The Balaban J connectivity index is 2.13. The second kappa shape index (κ2) is 5.63. The van der Waals surface area contributed by atoms with E-state index in [2.05, 4.69) is 15.3 Å². The van der Waals surface area contributed by atoms with Crippen LogP contribution in [-0.2, 0) is 9.57 Å². The molecule has 1 aromatic heterocycles. The number of hydrogen-bond acceptors (Lipinski definition) is 7. The number of rotatable bonds is 4. The first-order chi connectivity index (χ1) is 9.08. The van der Waals surface area contributed by atoms with E-state index in [4.69, 9.17) is 9.84 Å². The third-order valence-corrected chi connectivity index (χ3v) is 2.84. The fourth-order valence-electron chi connectivity index (χ4n) is 1.86. The van der Waals surface area contributed by atoms with Crippen LogP contribution >= 0.6 is 0 Å². The van der Waals surface area contributed by atoms with E-state index in [1.807, 2.05) is 0 Å². The fraction of sp³-hybridized carbons (Fsp3) is 0.600. The van der Waals surface area contributed by atoms with Gasteiger partial charge in [0.15, 0.2) is 6.23 Å². The highest BCUT2D eigenvalue weighted by atomic mass is 16.6. The maximum absolute atomic E-state index is 11.4. The van der Waals surface area contributed by atoms with Gasteiger partial charge < -0.3 is 24.6 Å². The molecule has 19 heavy (non-hydrogen) atoms. The van der Waals surface area contributed by atoms with Crippen molar-refractivity contribution in [1.29, 1.82) is 0 Å². The summed E-state index contributed by atoms with van der Waals surface area (Å²) < 4.78 is 6.63. The Morgan fingerprint density at radius 1 is 1.58 bits per heavy atom. The highest BCUT2D eigenvalue weighted by Gasteiger charge is 2.43. The number of nitrogens with one attached hydrogen (secondary N) is 1. The first-order valence-electron chi connectivity index (χ1n) is 5.57. The molecule has 1 aliphatic heterocycles. The van der Waals surface area contributed by atoms with Crippen LogP contribution in [0.5, 0.6) is 0 Å². The number of aliphatic hydroxyl groups excluding tert-OH is 3. The summed E-state index contributed by atoms with van der Waals surface area (Å²) in [7, 11) is 1.29. The van der Waals surface area contributed by atoms with Crippen LogP contribution in [0.25, 0.3) is 0 Å². The summed E-state index contributed by atoms with van der Waals surface area (Å²) in [4.78, 5) is 19.7. The van der Waals surface area contributed by atoms with Crippen LogP contribution in [-0.4, -0.2) is 62.8 Å². The number of hydrogen-bond donors (Lipinski definition) is 4. The number of nitrogens with zero attached hydrogens (tertiary/aromatic N) is 2. The number of ether oxygens (including phenoxy) is 1. The van der Waals surface area contributed by atoms with E-state index in [0.717, 1.165) is 0 Å². The highest BCUT2D eigenvalue weighted by Crippen LogP contribution is 2.29. The second-order valence-electron chi connectivity index (χ2n) is 4.07. The van der Waals surface area contributed by atoms with Crippen LogP contribution in [0, 0.1) is 0 Å². The number of hydroxylamine groups is 1. The minimum Gasteiger partial charge on any atom is -0.394 e. The van der Waals surface area contributed by atoms with Crippen molar-refractivity contribution in [2.45, 2.75) is 24.5 Å². The first-order valence-corrected chi connectivity index (χ1v) is 5.57. The second-order valence-corrected chi connectivity index (χ2v) is 4.07. The Labute approximate surface area is 108 Å². The van der Waals surface area contributed by atoms with Gasteiger partial charge in [-0.3, -0.25) is 9.63 Å². The lowest BCUT2D eigenvalue weighted by molar-refractivity contribution is -0.0528. The fourth-order valence-corrected chi connectivity index (χ4v) is 1.86. The number of carbonyl (C=O) groups is 1. The molecule has 0 bridgehead atoms. The number of aliphatic hydroxyl groups is 3. The van der Waals surface area contributed by atoms with E-state index in [9.17, 15) is 15.0 Å². The maximum atomic E-state index is 11.4.